The van der Waals surface area contributed by atoms with E-state index in [-0.39, 0.29) is 17.1 Å². The Hall–Kier alpha value is -1.67. The molecule has 4 heterocycles. The van der Waals surface area contributed by atoms with E-state index in [9.17, 15) is 29.4 Å². The summed E-state index contributed by atoms with van der Waals surface area (Å²) in [6.07, 6.45) is -2.01. The van der Waals surface area contributed by atoms with Crippen molar-refractivity contribution in [2.75, 3.05) is 13.2 Å². The molecule has 14 nitrogen and oxygen atoms in total. The molecule has 2 fully saturated rings. The lowest BCUT2D eigenvalue weighted by Crippen LogP contribution is -2.36. The Balaban J connectivity index is 0.000000201. The first-order valence-electron chi connectivity index (χ1n) is 10.7. The molecule has 0 bridgehead atoms. The molecule has 200 valence electrons. The summed E-state index contributed by atoms with van der Waals surface area (Å²) in [5.74, 6) is 0. The van der Waals surface area contributed by atoms with Crippen molar-refractivity contribution < 1.29 is 29.9 Å². The summed E-state index contributed by atoms with van der Waals surface area (Å²) in [7, 11) is 0. The maximum Gasteiger partial charge on any atom is 0.330 e. The van der Waals surface area contributed by atoms with E-state index < -0.39 is 64.2 Å². The van der Waals surface area contributed by atoms with Crippen LogP contribution in [0.5, 0.6) is 0 Å². The van der Waals surface area contributed by atoms with Gasteiger partial charge in [0.05, 0.1) is 34.2 Å². The molecule has 2 aliphatic heterocycles. The van der Waals surface area contributed by atoms with Crippen LogP contribution in [0.25, 0.3) is 0 Å². The Bertz CT molecular complexity index is 1210. The van der Waals surface area contributed by atoms with Crippen molar-refractivity contribution in [3.63, 3.8) is 0 Å². The van der Waals surface area contributed by atoms with Gasteiger partial charge < -0.3 is 29.9 Å². The number of rotatable bonds is 4. The highest BCUT2D eigenvalue weighted by molar-refractivity contribution is 14.1. The Labute approximate surface area is 224 Å². The lowest BCUT2D eigenvalue weighted by atomic mass is 10.2. The predicted molar refractivity (Wildman–Crippen MR) is 137 cm³/mol. The molecule has 0 spiro atoms. The third kappa shape index (κ3) is 5.74. The topological polar surface area (TPSA) is 209 Å². The summed E-state index contributed by atoms with van der Waals surface area (Å²) in [4.78, 5) is 49.7. The highest BCUT2D eigenvalue weighted by Gasteiger charge is 2.44. The van der Waals surface area contributed by atoms with Crippen LogP contribution in [-0.4, -0.2) is 85.9 Å². The van der Waals surface area contributed by atoms with Crippen LogP contribution in [0.1, 0.15) is 23.6 Å². The number of halogens is 2. The number of ether oxygens (including phenoxy) is 2. The predicted octanol–water partition coefficient (Wildman–Crippen LogP) is -2.24. The van der Waals surface area contributed by atoms with Crippen molar-refractivity contribution in [2.45, 2.75) is 59.5 Å². The molecular formula is C20H26BrIN4O10. The van der Waals surface area contributed by atoms with Gasteiger partial charge in [0.1, 0.15) is 12.2 Å². The average Bonchev–Trinajstić information content (AvgIpc) is 3.29. The number of aliphatic hydroxyl groups excluding tert-OH is 4. The van der Waals surface area contributed by atoms with Gasteiger partial charge in [0, 0.05) is 23.5 Å². The van der Waals surface area contributed by atoms with Crippen LogP contribution < -0.4 is 22.5 Å². The minimum absolute atomic E-state index is 0.325. The summed E-state index contributed by atoms with van der Waals surface area (Å²) in [6, 6.07) is 0. The van der Waals surface area contributed by atoms with Gasteiger partial charge in [-0.15, -0.1) is 0 Å². The number of nitrogens with zero attached hydrogens (tertiary/aromatic N) is 2. The van der Waals surface area contributed by atoms with Crippen molar-refractivity contribution in [3.05, 3.63) is 65.2 Å². The SMILES string of the molecule is Cc1cn([C@@H]2O[C@H](CO)[C@H](O)C2Br)c(=O)[nH]c1=O.Cc1cn([C@@H]2O[C@H](CO)[C@H](O)C2I)c(=O)[nH]c1=O. The van der Waals surface area contributed by atoms with Crippen molar-refractivity contribution in [3.8, 4) is 0 Å². The van der Waals surface area contributed by atoms with E-state index in [0.717, 1.165) is 0 Å². The minimum atomic E-state index is -0.931. The second-order valence-corrected chi connectivity index (χ2v) is 10.8. The number of aromatic nitrogens is 4. The third-order valence-corrected chi connectivity index (χ3v) is 8.13. The van der Waals surface area contributed by atoms with Crippen LogP contribution in [0, 0.1) is 13.8 Å². The lowest BCUT2D eigenvalue weighted by molar-refractivity contribution is -0.0457. The third-order valence-electron chi connectivity index (χ3n) is 5.79. The van der Waals surface area contributed by atoms with Crippen LogP contribution in [0.4, 0.5) is 0 Å². The Morgan fingerprint density at radius 2 is 1.28 bits per heavy atom. The molecule has 2 aromatic rings. The van der Waals surface area contributed by atoms with E-state index in [1.165, 1.54) is 21.5 Å². The molecule has 0 aromatic carbocycles. The molecule has 16 heteroatoms. The van der Waals surface area contributed by atoms with Crippen molar-refractivity contribution in [1.29, 1.82) is 0 Å². The summed E-state index contributed by atoms with van der Waals surface area (Å²) < 4.78 is 12.9. The van der Waals surface area contributed by atoms with Crippen LogP contribution in [0.2, 0.25) is 0 Å². The van der Waals surface area contributed by atoms with Crippen molar-refractivity contribution >= 4 is 38.5 Å². The molecule has 2 aromatic heterocycles. The molecular weight excluding hydrogens is 663 g/mol. The quantitative estimate of drug-likeness (QED) is 0.150. The first-order valence-corrected chi connectivity index (χ1v) is 12.9. The Morgan fingerprint density at radius 3 is 1.69 bits per heavy atom. The van der Waals surface area contributed by atoms with Crippen LogP contribution in [0.15, 0.2) is 31.6 Å². The summed E-state index contributed by atoms with van der Waals surface area (Å²) in [6.45, 7) is 2.46. The number of hydrogen-bond donors (Lipinski definition) is 6. The minimum Gasteiger partial charge on any atom is -0.394 e. The maximum absolute atomic E-state index is 11.7. The van der Waals surface area contributed by atoms with E-state index in [1.807, 2.05) is 22.6 Å². The van der Waals surface area contributed by atoms with Gasteiger partial charge in [-0.1, -0.05) is 38.5 Å². The highest BCUT2D eigenvalue weighted by atomic mass is 127. The van der Waals surface area contributed by atoms with Gasteiger partial charge in [-0.2, -0.15) is 0 Å². The number of aryl methyl sites for hydroxylation is 2. The normalized spacial score (nSPS) is 31.8. The Kier molecular flexibility index (Phi) is 9.47. The van der Waals surface area contributed by atoms with Gasteiger partial charge >= 0.3 is 11.4 Å². The number of aliphatic hydroxyl groups is 4. The van der Waals surface area contributed by atoms with Crippen LogP contribution in [-0.2, 0) is 9.47 Å². The molecule has 6 N–H and O–H groups in total. The van der Waals surface area contributed by atoms with Gasteiger partial charge in [-0.05, 0) is 13.8 Å². The zero-order valence-electron chi connectivity index (χ0n) is 19.1. The zero-order chi connectivity index (χ0) is 26.9. The van der Waals surface area contributed by atoms with E-state index in [1.54, 1.807) is 13.8 Å². The first-order chi connectivity index (χ1) is 16.9. The molecule has 0 aliphatic carbocycles. The average molecular weight is 689 g/mol. The Morgan fingerprint density at radius 1 is 0.861 bits per heavy atom. The molecule has 0 amide bonds. The summed E-state index contributed by atoms with van der Waals surface area (Å²) >= 11 is 5.19. The highest BCUT2D eigenvalue weighted by Crippen LogP contribution is 2.34. The molecule has 0 radical (unpaired) electrons. The number of aromatic amines is 2. The van der Waals surface area contributed by atoms with E-state index in [2.05, 4.69) is 25.9 Å². The van der Waals surface area contributed by atoms with Gasteiger partial charge in [0.15, 0.2) is 12.5 Å². The molecule has 2 unspecified atom stereocenters. The van der Waals surface area contributed by atoms with Crippen LogP contribution in [0.3, 0.4) is 0 Å². The fourth-order valence-electron chi connectivity index (χ4n) is 3.71. The van der Waals surface area contributed by atoms with Crippen LogP contribution >= 0.6 is 38.5 Å². The molecule has 0 saturated carbocycles. The fourth-order valence-corrected chi connectivity index (χ4v) is 5.41. The monoisotopic (exact) mass is 688 g/mol. The van der Waals surface area contributed by atoms with Gasteiger partial charge in [-0.3, -0.25) is 28.7 Å². The number of nitrogens with one attached hydrogen (secondary N) is 2. The maximum atomic E-state index is 11.7. The number of hydrogen-bond acceptors (Lipinski definition) is 10. The number of H-pyrrole nitrogens is 2. The van der Waals surface area contributed by atoms with E-state index >= 15 is 0 Å². The molecule has 2 saturated heterocycles. The molecule has 4 rings (SSSR count). The van der Waals surface area contributed by atoms with Gasteiger partial charge in [0.25, 0.3) is 11.1 Å². The lowest BCUT2D eigenvalue weighted by Gasteiger charge is -2.17. The largest absolute Gasteiger partial charge is 0.394 e. The molecule has 36 heavy (non-hydrogen) atoms. The second kappa shape index (κ2) is 11.8. The van der Waals surface area contributed by atoms with Gasteiger partial charge in [-0.25, -0.2) is 9.59 Å². The van der Waals surface area contributed by atoms with Gasteiger partial charge in [0.2, 0.25) is 0 Å². The summed E-state index contributed by atoms with van der Waals surface area (Å²) in [5, 5.41) is 37.7. The van der Waals surface area contributed by atoms with E-state index in [4.69, 9.17) is 19.7 Å². The van der Waals surface area contributed by atoms with Crippen molar-refractivity contribution in [2.24, 2.45) is 0 Å². The first kappa shape index (κ1) is 28.9. The van der Waals surface area contributed by atoms with Crippen molar-refractivity contribution in [1.82, 2.24) is 19.1 Å². The smallest absolute Gasteiger partial charge is 0.330 e. The second-order valence-electron chi connectivity index (χ2n) is 8.32. The molecule has 2 aliphatic rings. The zero-order valence-corrected chi connectivity index (χ0v) is 22.8. The summed E-state index contributed by atoms with van der Waals surface area (Å²) in [5.41, 5.74) is -1.38. The fraction of sp³-hybridized carbons (Fsp3) is 0.600. The standard InChI is InChI=1S/C10H13BrN2O5.C10H13IN2O5/c2*1-4-2-13(10(17)12-8(4)16)9-6(11)7(15)5(3-14)18-9/h2*2,5-7,9,14-15H,3H2,1H3,(H,12,16,17)/t2*5-,6?,7+,9-/m11/s1. The molecule has 8 atom stereocenters. The number of alkyl halides is 2. The van der Waals surface area contributed by atoms with E-state index in [0.29, 0.717) is 11.1 Å².